The minimum atomic E-state index is -3.22. The highest BCUT2D eigenvalue weighted by Crippen LogP contribution is 2.39. The zero-order chi connectivity index (χ0) is 17.0. The van der Waals surface area contributed by atoms with Crippen LogP contribution in [0.4, 0.5) is 5.69 Å². The van der Waals surface area contributed by atoms with Crippen molar-refractivity contribution in [3.63, 3.8) is 0 Å². The molecule has 2 heterocycles. The molecule has 0 fully saturated rings. The van der Waals surface area contributed by atoms with Crippen LogP contribution in [0.5, 0.6) is 0 Å². The van der Waals surface area contributed by atoms with E-state index in [0.29, 0.717) is 16.9 Å². The number of pyridine rings is 1. The van der Waals surface area contributed by atoms with Crippen LogP contribution in [-0.4, -0.2) is 31.7 Å². The largest absolute Gasteiger partial charge is 0.368 e. The molecule has 2 aromatic rings. The lowest BCUT2D eigenvalue weighted by molar-refractivity contribution is 0.539. The molecule has 0 spiro atoms. The minimum Gasteiger partial charge on any atom is -0.368 e. The maximum absolute atomic E-state index is 12.2. The van der Waals surface area contributed by atoms with Gasteiger partial charge in [-0.1, -0.05) is 0 Å². The molecule has 5 nitrogen and oxygen atoms in total. The minimum absolute atomic E-state index is 0.122. The highest BCUT2D eigenvalue weighted by atomic mass is 32.2. The molecule has 0 unspecified atom stereocenters. The van der Waals surface area contributed by atoms with E-state index in [2.05, 4.69) is 31.8 Å². The molecule has 0 bridgehead atoms. The molecule has 1 aromatic heterocycles. The summed E-state index contributed by atoms with van der Waals surface area (Å²) in [5.41, 5.74) is 2.54. The predicted molar refractivity (Wildman–Crippen MR) is 90.4 cm³/mol. The summed E-state index contributed by atoms with van der Waals surface area (Å²) in [4.78, 5) is 6.77. The zero-order valence-corrected chi connectivity index (χ0v) is 14.5. The normalized spacial score (nSPS) is 16.1. The van der Waals surface area contributed by atoms with Gasteiger partial charge >= 0.3 is 0 Å². The van der Waals surface area contributed by atoms with Crippen molar-refractivity contribution in [3.8, 4) is 6.07 Å². The molecule has 1 aliphatic rings. The van der Waals surface area contributed by atoms with E-state index in [1.807, 2.05) is 11.9 Å². The van der Waals surface area contributed by atoms with Crippen LogP contribution in [-0.2, 0) is 16.3 Å². The number of anilines is 1. The van der Waals surface area contributed by atoms with Gasteiger partial charge in [-0.3, -0.25) is 4.98 Å². The Morgan fingerprint density at radius 3 is 2.61 bits per heavy atom. The summed E-state index contributed by atoms with van der Waals surface area (Å²) in [6.45, 7) is 6.17. The number of aromatic nitrogens is 1. The van der Waals surface area contributed by atoms with E-state index in [-0.39, 0.29) is 11.3 Å². The number of nitriles is 1. The van der Waals surface area contributed by atoms with E-state index in [9.17, 15) is 13.7 Å². The van der Waals surface area contributed by atoms with Crippen molar-refractivity contribution in [2.45, 2.75) is 37.6 Å². The van der Waals surface area contributed by atoms with Crippen LogP contribution in [0.15, 0.2) is 23.2 Å². The third-order valence-electron chi connectivity index (χ3n) is 4.49. The van der Waals surface area contributed by atoms with Gasteiger partial charge in [0.2, 0.25) is 0 Å². The van der Waals surface area contributed by atoms with E-state index in [1.165, 1.54) is 0 Å². The molecule has 0 aliphatic carbocycles. The summed E-state index contributed by atoms with van der Waals surface area (Å²) >= 11 is 0. The fourth-order valence-electron chi connectivity index (χ4n) is 2.97. The fraction of sp³-hybridized carbons (Fsp3) is 0.412. The lowest BCUT2D eigenvalue weighted by Crippen LogP contribution is -2.38. The summed E-state index contributed by atoms with van der Waals surface area (Å²) in [5, 5.41) is 10.3. The van der Waals surface area contributed by atoms with Gasteiger partial charge in [-0.05, 0) is 44.9 Å². The lowest BCUT2D eigenvalue weighted by Gasteiger charge is -2.35. The number of benzene rings is 1. The molecule has 3 rings (SSSR count). The maximum atomic E-state index is 12.2. The van der Waals surface area contributed by atoms with Gasteiger partial charge < -0.3 is 4.90 Å². The number of rotatable bonds is 1. The van der Waals surface area contributed by atoms with Crippen LogP contribution in [0.1, 0.15) is 31.9 Å². The Morgan fingerprint density at radius 1 is 1.30 bits per heavy atom. The summed E-state index contributed by atoms with van der Waals surface area (Å²) in [6.07, 6.45) is 2.03. The number of hydrogen-bond donors (Lipinski definition) is 0. The third-order valence-corrected chi connectivity index (χ3v) is 6.28. The Balaban J connectivity index is 2.47. The molecule has 6 heteroatoms. The number of nitrogens with zero attached hydrogens (tertiary/aromatic N) is 3. The standard InChI is InChI=1S/C17H19N3O2S/c1-17(2,3)20(4)16-11(9-18)10-19-13-5-6-14-12(15(13)16)7-8-23(14,21)22/h5-6,10H,7-8H2,1-4H3. The predicted octanol–water partition coefficient (Wildman–Crippen LogP) is 2.67. The van der Waals surface area contributed by atoms with Crippen LogP contribution in [0.25, 0.3) is 10.9 Å². The van der Waals surface area contributed by atoms with Crippen molar-refractivity contribution in [1.29, 1.82) is 5.26 Å². The van der Waals surface area contributed by atoms with Gasteiger partial charge in [0.1, 0.15) is 6.07 Å². The van der Waals surface area contributed by atoms with E-state index in [1.54, 1.807) is 18.3 Å². The van der Waals surface area contributed by atoms with E-state index in [0.717, 1.165) is 22.2 Å². The van der Waals surface area contributed by atoms with Crippen LogP contribution in [0.3, 0.4) is 0 Å². The third kappa shape index (κ3) is 2.36. The van der Waals surface area contributed by atoms with Crippen molar-refractivity contribution < 1.29 is 8.42 Å². The number of sulfone groups is 1. The van der Waals surface area contributed by atoms with Crippen molar-refractivity contribution in [3.05, 3.63) is 29.5 Å². The smallest absolute Gasteiger partial charge is 0.179 e. The van der Waals surface area contributed by atoms with Gasteiger partial charge in [0, 0.05) is 24.2 Å². The Morgan fingerprint density at radius 2 is 2.00 bits per heavy atom. The molecule has 1 aromatic carbocycles. The molecular formula is C17H19N3O2S. The Labute approximate surface area is 136 Å². The maximum Gasteiger partial charge on any atom is 0.179 e. The average Bonchev–Trinajstić information content (AvgIpc) is 2.79. The molecule has 0 saturated heterocycles. The quantitative estimate of drug-likeness (QED) is 0.804. The second kappa shape index (κ2) is 4.93. The SMILES string of the molecule is CN(c1c(C#N)cnc2ccc3c(c12)CCS3(=O)=O)C(C)(C)C. The van der Waals surface area contributed by atoms with Crippen molar-refractivity contribution >= 4 is 26.4 Å². The van der Waals surface area contributed by atoms with E-state index in [4.69, 9.17) is 0 Å². The van der Waals surface area contributed by atoms with Crippen molar-refractivity contribution in [1.82, 2.24) is 4.98 Å². The highest BCUT2D eigenvalue weighted by molar-refractivity contribution is 7.91. The van der Waals surface area contributed by atoms with Crippen LogP contribution >= 0.6 is 0 Å². The molecule has 23 heavy (non-hydrogen) atoms. The second-order valence-electron chi connectivity index (χ2n) is 6.87. The molecular weight excluding hydrogens is 310 g/mol. The molecule has 0 amide bonds. The molecule has 0 radical (unpaired) electrons. The van der Waals surface area contributed by atoms with Crippen LogP contribution in [0.2, 0.25) is 0 Å². The van der Waals surface area contributed by atoms with Gasteiger partial charge in [0.05, 0.1) is 27.4 Å². The molecule has 0 saturated carbocycles. The highest BCUT2D eigenvalue weighted by Gasteiger charge is 2.31. The van der Waals surface area contributed by atoms with E-state index >= 15 is 0 Å². The molecule has 0 N–H and O–H groups in total. The van der Waals surface area contributed by atoms with Gasteiger partial charge in [-0.2, -0.15) is 5.26 Å². The first-order valence-corrected chi connectivity index (χ1v) is 9.13. The second-order valence-corrected chi connectivity index (χ2v) is 8.94. The first-order valence-electron chi connectivity index (χ1n) is 7.48. The van der Waals surface area contributed by atoms with Crippen LogP contribution < -0.4 is 4.90 Å². The first kappa shape index (κ1) is 15.8. The van der Waals surface area contributed by atoms with Gasteiger partial charge in [0.25, 0.3) is 0 Å². The average molecular weight is 329 g/mol. The fourth-order valence-corrected chi connectivity index (χ4v) is 4.52. The Hall–Kier alpha value is -2.13. The number of aryl methyl sites for hydroxylation is 1. The lowest BCUT2D eigenvalue weighted by atomic mass is 9.98. The van der Waals surface area contributed by atoms with Gasteiger partial charge in [-0.15, -0.1) is 0 Å². The Kier molecular flexibility index (Phi) is 3.38. The molecule has 0 atom stereocenters. The Bertz CT molecular complexity index is 950. The summed E-state index contributed by atoms with van der Waals surface area (Å²) in [5.74, 6) is 0.122. The number of hydrogen-bond acceptors (Lipinski definition) is 5. The summed E-state index contributed by atoms with van der Waals surface area (Å²) < 4.78 is 24.5. The summed E-state index contributed by atoms with van der Waals surface area (Å²) in [6, 6.07) is 5.57. The topological polar surface area (TPSA) is 74.1 Å². The van der Waals surface area contributed by atoms with Crippen LogP contribution in [0, 0.1) is 11.3 Å². The molecule has 1 aliphatic heterocycles. The van der Waals surface area contributed by atoms with Crippen molar-refractivity contribution in [2.75, 3.05) is 17.7 Å². The van der Waals surface area contributed by atoms with Gasteiger partial charge in [0.15, 0.2) is 9.84 Å². The first-order chi connectivity index (χ1) is 10.7. The van der Waals surface area contributed by atoms with E-state index < -0.39 is 9.84 Å². The number of fused-ring (bicyclic) bond motifs is 3. The van der Waals surface area contributed by atoms with Gasteiger partial charge in [-0.25, -0.2) is 8.42 Å². The zero-order valence-electron chi connectivity index (χ0n) is 13.7. The monoisotopic (exact) mass is 329 g/mol. The summed E-state index contributed by atoms with van der Waals surface area (Å²) in [7, 11) is -1.29. The van der Waals surface area contributed by atoms with Crippen molar-refractivity contribution in [2.24, 2.45) is 0 Å². The molecule has 120 valence electrons.